The molecule has 0 amide bonds. The molecule has 2 aromatic rings. The van der Waals surface area contributed by atoms with Crippen molar-refractivity contribution in [2.45, 2.75) is 49.6 Å². The number of pyridine rings is 1. The van der Waals surface area contributed by atoms with E-state index in [1.54, 1.807) is 13.3 Å². The molecule has 156 valence electrons. The van der Waals surface area contributed by atoms with Crippen LogP contribution in [0.2, 0.25) is 0 Å². The molecule has 5 rings (SSSR count). The second-order valence-electron chi connectivity index (χ2n) is 9.27. The smallest absolute Gasteiger partial charge is 0.281 e. The lowest BCUT2D eigenvalue weighted by molar-refractivity contribution is -0.0559. The summed E-state index contributed by atoms with van der Waals surface area (Å²) in [6.45, 7) is 2.19. The number of nitrogens with two attached hydrogens (primary N) is 1. The van der Waals surface area contributed by atoms with Gasteiger partial charge in [-0.3, -0.25) is 4.98 Å². The summed E-state index contributed by atoms with van der Waals surface area (Å²) in [7, 11) is 15.0. The van der Waals surface area contributed by atoms with Crippen LogP contribution in [-0.4, -0.2) is 45.3 Å². The molecule has 2 heterocycles. The molecule has 5 nitrogen and oxygen atoms in total. The Balaban J connectivity index is 1.70. The van der Waals surface area contributed by atoms with Gasteiger partial charge in [-0.2, -0.15) is 0 Å². The van der Waals surface area contributed by atoms with E-state index in [2.05, 4.69) is 18.0 Å². The molecule has 8 heteroatoms. The number of ether oxygens (including phenoxy) is 2. The summed E-state index contributed by atoms with van der Waals surface area (Å²) < 4.78 is 25.2. The maximum absolute atomic E-state index is 13.8. The molecule has 0 unspecified atom stereocenters. The molecule has 2 N–H and O–H groups in total. The van der Waals surface area contributed by atoms with Crippen LogP contribution in [0.15, 0.2) is 41.7 Å². The molecule has 1 aliphatic heterocycles. The summed E-state index contributed by atoms with van der Waals surface area (Å²) >= 11 is 0. The monoisotopic (exact) mass is 415 g/mol. The van der Waals surface area contributed by atoms with Gasteiger partial charge in [0.05, 0.1) is 17.7 Å². The van der Waals surface area contributed by atoms with Crippen LogP contribution in [0.1, 0.15) is 37.3 Å². The summed E-state index contributed by atoms with van der Waals surface area (Å²) in [6, 6.07) is 7.48. The summed E-state index contributed by atoms with van der Waals surface area (Å²) in [5.74, 6) is -0.0981. The van der Waals surface area contributed by atoms with Crippen LogP contribution in [0.25, 0.3) is 11.1 Å². The molecule has 2 aliphatic carbocycles. The highest BCUT2D eigenvalue weighted by molar-refractivity contribution is 6.41. The Morgan fingerprint density at radius 3 is 2.68 bits per heavy atom. The Morgan fingerprint density at radius 2 is 2.03 bits per heavy atom. The zero-order valence-electron chi connectivity index (χ0n) is 17.8. The average Bonchev–Trinajstić information content (AvgIpc) is 3.12. The van der Waals surface area contributed by atoms with Crippen molar-refractivity contribution < 1.29 is 13.9 Å². The van der Waals surface area contributed by atoms with Crippen molar-refractivity contribution in [2.75, 3.05) is 7.11 Å². The van der Waals surface area contributed by atoms with E-state index in [1.807, 2.05) is 12.1 Å². The molecule has 2 spiro atoms. The molecule has 1 aromatic carbocycles. The van der Waals surface area contributed by atoms with E-state index in [-0.39, 0.29) is 17.5 Å². The predicted octanol–water partition coefficient (Wildman–Crippen LogP) is 2.80. The van der Waals surface area contributed by atoms with Crippen molar-refractivity contribution in [3.8, 4) is 11.1 Å². The van der Waals surface area contributed by atoms with E-state index >= 15 is 0 Å². The third-order valence-corrected chi connectivity index (χ3v) is 7.51. The van der Waals surface area contributed by atoms with Gasteiger partial charge < -0.3 is 15.2 Å². The summed E-state index contributed by atoms with van der Waals surface area (Å²) in [4.78, 5) is 8.80. The number of aromatic nitrogens is 1. The number of aliphatic imine (C=N–C) groups is 1. The van der Waals surface area contributed by atoms with Crippen LogP contribution in [0, 0.1) is 17.2 Å². The van der Waals surface area contributed by atoms with Crippen LogP contribution < -0.4 is 5.73 Å². The van der Waals surface area contributed by atoms with E-state index in [9.17, 15) is 4.39 Å². The van der Waals surface area contributed by atoms with E-state index in [0.717, 1.165) is 42.4 Å². The summed E-state index contributed by atoms with van der Waals surface area (Å²) in [5.41, 5.74) is 8.15. The van der Waals surface area contributed by atoms with Gasteiger partial charge in [0.15, 0.2) is 0 Å². The van der Waals surface area contributed by atoms with Crippen LogP contribution in [-0.2, 0) is 21.4 Å². The van der Waals surface area contributed by atoms with Gasteiger partial charge in [0.1, 0.15) is 27.0 Å². The molecule has 4 radical (unpaired) electrons. The maximum Gasteiger partial charge on any atom is 0.281 e. The van der Waals surface area contributed by atoms with E-state index < -0.39 is 16.8 Å². The van der Waals surface area contributed by atoms with Crippen molar-refractivity contribution in [3.63, 3.8) is 0 Å². The quantitative estimate of drug-likeness (QED) is 0.767. The van der Waals surface area contributed by atoms with E-state index in [0.29, 0.717) is 11.5 Å². The fourth-order valence-corrected chi connectivity index (χ4v) is 6.31. The number of fused-ring (bicyclic) bond motifs is 3. The number of nitrogens with zero attached hydrogens (tertiary/aromatic N) is 2. The van der Waals surface area contributed by atoms with Crippen molar-refractivity contribution in [3.05, 3.63) is 53.6 Å². The van der Waals surface area contributed by atoms with Crippen molar-refractivity contribution in [1.82, 2.24) is 4.98 Å². The normalized spacial score (nSPS) is 33.3. The molecule has 31 heavy (non-hydrogen) atoms. The van der Waals surface area contributed by atoms with Crippen LogP contribution in [0.3, 0.4) is 0 Å². The molecule has 0 bridgehead atoms. The Labute approximate surface area is 184 Å². The molecular formula is C23H24B2FN3O2. The lowest BCUT2D eigenvalue weighted by atomic mass is 9.44. The van der Waals surface area contributed by atoms with Crippen molar-refractivity contribution in [2.24, 2.45) is 22.1 Å². The van der Waals surface area contributed by atoms with Crippen LogP contribution >= 0.6 is 0 Å². The highest BCUT2D eigenvalue weighted by Crippen LogP contribution is 2.65. The molecule has 1 aromatic heterocycles. The lowest BCUT2D eigenvalue weighted by Gasteiger charge is -2.53. The Morgan fingerprint density at radius 1 is 1.23 bits per heavy atom. The average molecular weight is 415 g/mol. The SMILES string of the molecule is [B]C1([B])OC(N)=N[C@]12c1cc(-c3cncc(F)c3)ccc1C[C@]21CC[C@@H](OC)[C@H](C)C1. The van der Waals surface area contributed by atoms with Gasteiger partial charge in [-0.05, 0) is 60.4 Å². The largest absolute Gasteiger partial charge is 0.476 e. The fourth-order valence-electron chi connectivity index (χ4n) is 6.31. The van der Waals surface area contributed by atoms with Gasteiger partial charge >= 0.3 is 0 Å². The Bertz CT molecular complexity index is 1080. The van der Waals surface area contributed by atoms with Gasteiger partial charge in [-0.25, -0.2) is 9.38 Å². The minimum atomic E-state index is -1.60. The number of hydrogen-bond donors (Lipinski definition) is 1. The second-order valence-corrected chi connectivity index (χ2v) is 9.27. The summed E-state index contributed by atoms with van der Waals surface area (Å²) in [5, 5.41) is -1.60. The predicted molar refractivity (Wildman–Crippen MR) is 118 cm³/mol. The van der Waals surface area contributed by atoms with Gasteiger partial charge in [0.25, 0.3) is 6.02 Å². The first kappa shape index (κ1) is 20.6. The number of amidine groups is 1. The standard InChI is InChI=1S/C23H24B2FN3O2/c1-13-9-21(6-5-19(13)30-2)10-15-4-3-14(16-7-17(26)12-28-11-16)8-18(15)22(21)23(24,25)31-20(27)29-22/h3-4,7-8,11-13,19H,5-6,9-10H2,1-2H3,(H2,27,29)/t13-,19-,21-,22+/m1/s1. The van der Waals surface area contributed by atoms with Gasteiger partial charge in [0, 0.05) is 24.3 Å². The second kappa shape index (κ2) is 6.83. The Kier molecular flexibility index (Phi) is 4.53. The zero-order valence-corrected chi connectivity index (χ0v) is 17.8. The molecule has 4 atom stereocenters. The zero-order chi connectivity index (χ0) is 22.0. The molecule has 1 saturated carbocycles. The molecule has 3 aliphatic rings. The van der Waals surface area contributed by atoms with Crippen LogP contribution in [0.5, 0.6) is 0 Å². The first-order valence-electron chi connectivity index (χ1n) is 10.6. The topological polar surface area (TPSA) is 69.7 Å². The summed E-state index contributed by atoms with van der Waals surface area (Å²) in [6.07, 6.45) is 6.29. The lowest BCUT2D eigenvalue weighted by Crippen LogP contribution is -2.60. The third-order valence-electron chi connectivity index (χ3n) is 7.51. The van der Waals surface area contributed by atoms with Crippen LogP contribution in [0.4, 0.5) is 4.39 Å². The number of hydrogen-bond acceptors (Lipinski definition) is 5. The molecular weight excluding hydrogens is 391 g/mol. The van der Waals surface area contributed by atoms with Gasteiger partial charge in [0.2, 0.25) is 0 Å². The van der Waals surface area contributed by atoms with Gasteiger partial charge in [-0.1, -0.05) is 19.1 Å². The van der Waals surface area contributed by atoms with Crippen molar-refractivity contribution >= 4 is 21.7 Å². The highest BCUT2D eigenvalue weighted by Gasteiger charge is 2.68. The minimum absolute atomic E-state index is 0.00318. The minimum Gasteiger partial charge on any atom is -0.476 e. The number of benzene rings is 1. The first-order chi connectivity index (χ1) is 14.7. The van der Waals surface area contributed by atoms with Gasteiger partial charge in [-0.15, -0.1) is 0 Å². The molecule has 1 fully saturated rings. The first-order valence-corrected chi connectivity index (χ1v) is 10.6. The maximum atomic E-state index is 13.8. The number of methoxy groups -OCH3 is 1. The van der Waals surface area contributed by atoms with E-state index in [1.165, 1.54) is 12.3 Å². The Hall–Kier alpha value is -2.34. The van der Waals surface area contributed by atoms with E-state index in [4.69, 9.17) is 35.9 Å². The third kappa shape index (κ3) is 2.80. The highest BCUT2D eigenvalue weighted by atomic mass is 19.1. The fraction of sp³-hybridized carbons (Fsp3) is 0.478. The number of halogens is 1. The number of rotatable bonds is 2. The van der Waals surface area contributed by atoms with Crippen molar-refractivity contribution in [1.29, 1.82) is 0 Å². The molecule has 0 saturated heterocycles.